The molecule has 2 bridgehead atoms. The highest BCUT2D eigenvalue weighted by atomic mass is 35.5. The van der Waals surface area contributed by atoms with E-state index in [9.17, 15) is 19.2 Å². The summed E-state index contributed by atoms with van der Waals surface area (Å²) in [5.74, 6) is 0.919. The number of carbonyl (C=O) groups is 4. The summed E-state index contributed by atoms with van der Waals surface area (Å²) in [7, 11) is 0. The summed E-state index contributed by atoms with van der Waals surface area (Å²) in [5.41, 5.74) is -0.827. The van der Waals surface area contributed by atoms with Crippen molar-refractivity contribution in [1.82, 2.24) is 4.90 Å². The van der Waals surface area contributed by atoms with Crippen molar-refractivity contribution < 1.29 is 42.9 Å². The van der Waals surface area contributed by atoms with Gasteiger partial charge in [-0.05, 0) is 56.6 Å². The van der Waals surface area contributed by atoms with Crippen LogP contribution in [0, 0.1) is 0 Å². The number of ketones is 1. The van der Waals surface area contributed by atoms with E-state index in [1.165, 1.54) is 0 Å². The van der Waals surface area contributed by atoms with Crippen molar-refractivity contribution in [2.45, 2.75) is 109 Å². The van der Waals surface area contributed by atoms with E-state index in [0.29, 0.717) is 55.3 Å². The Kier molecular flexibility index (Phi) is 14.6. The van der Waals surface area contributed by atoms with Crippen LogP contribution in [0.4, 0.5) is 9.59 Å². The van der Waals surface area contributed by atoms with Crippen LogP contribution >= 0.6 is 34.8 Å². The van der Waals surface area contributed by atoms with Crippen LogP contribution in [0.25, 0.3) is 0 Å². The maximum absolute atomic E-state index is 13.5. The van der Waals surface area contributed by atoms with E-state index in [4.69, 9.17) is 58.5 Å². The van der Waals surface area contributed by atoms with Crippen molar-refractivity contribution in [2.24, 2.45) is 0 Å². The number of hydrogen-bond acceptors (Lipinski definition) is 9. The molecule has 10 nitrogen and oxygen atoms in total. The zero-order chi connectivity index (χ0) is 33.9. The molecular weight excluding hydrogens is 661 g/mol. The van der Waals surface area contributed by atoms with Gasteiger partial charge >= 0.3 is 18.2 Å². The van der Waals surface area contributed by atoms with Gasteiger partial charge in [0.25, 0.3) is 0 Å². The molecule has 13 heteroatoms. The lowest BCUT2D eigenvalue weighted by Gasteiger charge is -2.63. The number of likely N-dealkylation sites (tertiary alicyclic amines) is 1. The molecule has 0 aromatic heterocycles. The standard InChI is InChI=1S/C29H34Cl3NO9.2C2H6/c30-11-2-1-5-22(35)42-29-9-8-19(34)25-28(29)10-14-33(26(36)38-15-3-12-31)21(29)17-18-6-7-20(24(41-25)23(18)28)40-27(37)39-16-4-13-32;2*1-2/h6-7,21,25H,1-5,8-17H2;2*1-2H3/t21?,25-,28?,29?;;/m0../s1. The smallest absolute Gasteiger partial charge is 0.477 e. The lowest BCUT2D eigenvalue weighted by Crippen LogP contribution is -2.78. The second-order valence-electron chi connectivity index (χ2n) is 10.9. The van der Waals surface area contributed by atoms with Crippen LogP contribution in [0.15, 0.2) is 12.1 Å². The molecular formula is C33H46Cl3NO9. The number of rotatable bonds is 12. The minimum Gasteiger partial charge on any atom is -0.477 e. The molecule has 4 aliphatic rings. The van der Waals surface area contributed by atoms with Gasteiger partial charge in [-0.3, -0.25) is 9.59 Å². The number of piperidine rings is 1. The van der Waals surface area contributed by atoms with Gasteiger partial charge < -0.3 is 28.6 Å². The predicted octanol–water partition coefficient (Wildman–Crippen LogP) is 7.33. The van der Waals surface area contributed by atoms with Crippen molar-refractivity contribution >= 4 is 58.8 Å². The molecule has 1 amide bonds. The Bertz CT molecular complexity index is 1230. The first-order valence-corrected chi connectivity index (χ1v) is 18.0. The van der Waals surface area contributed by atoms with Gasteiger partial charge in [0.15, 0.2) is 23.4 Å². The molecule has 2 aliphatic heterocycles. The Balaban J connectivity index is 0.00000139. The minimum absolute atomic E-state index is 0.0903. The van der Waals surface area contributed by atoms with Crippen LogP contribution < -0.4 is 9.47 Å². The first-order chi connectivity index (χ1) is 22.3. The average Bonchev–Trinajstić information content (AvgIpc) is 3.42. The number of ether oxygens (including phenoxy) is 5. The number of carbonyl (C=O) groups excluding carboxylic acids is 4. The van der Waals surface area contributed by atoms with Crippen molar-refractivity contribution in [2.75, 3.05) is 37.4 Å². The molecule has 258 valence electrons. The van der Waals surface area contributed by atoms with Crippen LogP contribution in [-0.2, 0) is 35.6 Å². The van der Waals surface area contributed by atoms with Crippen molar-refractivity contribution in [1.29, 1.82) is 0 Å². The van der Waals surface area contributed by atoms with Crippen molar-refractivity contribution in [3.05, 3.63) is 23.3 Å². The van der Waals surface area contributed by atoms with Gasteiger partial charge in [0, 0.05) is 42.6 Å². The van der Waals surface area contributed by atoms with Crippen LogP contribution in [0.1, 0.15) is 90.2 Å². The fourth-order valence-electron chi connectivity index (χ4n) is 7.04. The summed E-state index contributed by atoms with van der Waals surface area (Å²) in [6.07, 6.45) is 0.808. The maximum Gasteiger partial charge on any atom is 0.513 e. The Hall–Kier alpha value is -2.43. The van der Waals surface area contributed by atoms with E-state index in [0.717, 1.165) is 5.56 Å². The Morgan fingerprint density at radius 3 is 2.28 bits per heavy atom. The fraction of sp³-hybridized carbons (Fsp3) is 0.697. The highest BCUT2D eigenvalue weighted by Crippen LogP contribution is 2.66. The van der Waals surface area contributed by atoms with Crippen LogP contribution in [-0.4, -0.2) is 84.0 Å². The Morgan fingerprint density at radius 2 is 1.61 bits per heavy atom. The molecule has 1 saturated carbocycles. The summed E-state index contributed by atoms with van der Waals surface area (Å²) in [5, 5.41) is 0. The highest BCUT2D eigenvalue weighted by molar-refractivity contribution is 6.18. The number of benzene rings is 1. The number of nitrogens with zero attached hydrogens (tertiary/aromatic N) is 1. The highest BCUT2D eigenvalue weighted by Gasteiger charge is 2.76. The Labute approximate surface area is 286 Å². The molecule has 46 heavy (non-hydrogen) atoms. The molecule has 4 atom stereocenters. The minimum atomic E-state index is -1.26. The first-order valence-electron chi connectivity index (χ1n) is 16.4. The number of Topliss-reactive ketones (excluding diaryl/α,β-unsaturated/α-hetero) is 1. The van der Waals surface area contributed by atoms with Crippen LogP contribution in [0.3, 0.4) is 0 Å². The zero-order valence-corrected chi connectivity index (χ0v) is 29.4. The summed E-state index contributed by atoms with van der Waals surface area (Å²) in [6.45, 7) is 8.51. The van der Waals surface area contributed by atoms with Gasteiger partial charge in [-0.1, -0.05) is 33.8 Å². The zero-order valence-electron chi connectivity index (χ0n) is 27.2. The van der Waals surface area contributed by atoms with Gasteiger partial charge in [-0.2, -0.15) is 0 Å². The molecule has 1 aromatic rings. The van der Waals surface area contributed by atoms with E-state index in [-0.39, 0.29) is 62.7 Å². The normalized spacial score (nSPS) is 24.6. The molecule has 2 heterocycles. The number of alkyl halides is 3. The van der Waals surface area contributed by atoms with Gasteiger partial charge in [0.1, 0.15) is 5.60 Å². The summed E-state index contributed by atoms with van der Waals surface area (Å²) < 4.78 is 29.0. The van der Waals surface area contributed by atoms with Gasteiger partial charge in [-0.25, -0.2) is 9.59 Å². The third-order valence-corrected chi connectivity index (χ3v) is 9.49. The van der Waals surface area contributed by atoms with Gasteiger partial charge in [0.2, 0.25) is 0 Å². The molecule has 1 aromatic carbocycles. The van der Waals surface area contributed by atoms with E-state index in [1.807, 2.05) is 27.7 Å². The third-order valence-electron chi connectivity index (χ3n) is 8.69. The van der Waals surface area contributed by atoms with Crippen LogP contribution in [0.5, 0.6) is 11.5 Å². The Morgan fingerprint density at radius 1 is 0.935 bits per heavy atom. The number of unbranched alkanes of at least 4 members (excludes halogenated alkanes) is 1. The molecule has 3 unspecified atom stereocenters. The molecule has 1 spiro atoms. The SMILES string of the molecule is CC.CC.O=C(CCCCCl)OC12CCC(=O)[C@@H]3Oc4c(OC(=O)OCCCCl)ccc5c4C31CCN(C(=O)OCCCCl)C2C5. The fourth-order valence-corrected chi connectivity index (χ4v) is 7.45. The van der Waals surface area contributed by atoms with Gasteiger partial charge in [-0.15, -0.1) is 34.8 Å². The topological polar surface area (TPSA) is 118 Å². The van der Waals surface area contributed by atoms with E-state index >= 15 is 0 Å². The van der Waals surface area contributed by atoms with Crippen molar-refractivity contribution in [3.8, 4) is 11.5 Å². The summed E-state index contributed by atoms with van der Waals surface area (Å²) in [4.78, 5) is 54.3. The number of esters is 1. The molecule has 0 N–H and O–H groups in total. The van der Waals surface area contributed by atoms with E-state index in [1.54, 1.807) is 17.0 Å². The number of amides is 1. The lowest BCUT2D eigenvalue weighted by atomic mass is 9.49. The largest absolute Gasteiger partial charge is 0.513 e. The second kappa shape index (κ2) is 17.6. The quantitative estimate of drug-likeness (QED) is 0.0724. The molecule has 2 fully saturated rings. The van der Waals surface area contributed by atoms with Crippen molar-refractivity contribution in [3.63, 3.8) is 0 Å². The number of halogens is 3. The maximum atomic E-state index is 13.5. The lowest BCUT2D eigenvalue weighted by molar-refractivity contribution is -0.212. The second-order valence-corrected chi connectivity index (χ2v) is 12.1. The number of hydrogen-bond donors (Lipinski definition) is 0. The summed E-state index contributed by atoms with van der Waals surface area (Å²) >= 11 is 17.3. The molecule has 5 rings (SSSR count). The summed E-state index contributed by atoms with van der Waals surface area (Å²) in [6, 6.07) is 2.80. The third kappa shape index (κ3) is 7.19. The molecule has 0 radical (unpaired) electrons. The van der Waals surface area contributed by atoms with Crippen LogP contribution in [0.2, 0.25) is 0 Å². The first kappa shape index (κ1) is 38.0. The van der Waals surface area contributed by atoms with Gasteiger partial charge in [0.05, 0.1) is 24.7 Å². The molecule has 1 saturated heterocycles. The predicted molar refractivity (Wildman–Crippen MR) is 176 cm³/mol. The van der Waals surface area contributed by atoms with E-state index in [2.05, 4.69) is 0 Å². The average molecular weight is 707 g/mol. The molecule has 2 aliphatic carbocycles. The van der Waals surface area contributed by atoms with E-state index < -0.39 is 41.4 Å². The monoisotopic (exact) mass is 705 g/mol.